The van der Waals surface area contributed by atoms with E-state index < -0.39 is 12.2 Å². The molecule has 0 spiro atoms. The molecule has 1 N–H and O–H groups in total. The van der Waals surface area contributed by atoms with Crippen LogP contribution in [0.15, 0.2) is 61.2 Å². The van der Waals surface area contributed by atoms with E-state index >= 15 is 0 Å². The lowest BCUT2D eigenvalue weighted by Gasteiger charge is -2.56. The normalized spacial score (nSPS) is 18.6. The number of piperazine rings is 1. The largest absolute Gasteiger partial charge is 0.353 e. The van der Waals surface area contributed by atoms with Crippen LogP contribution in [0.25, 0.3) is 33.4 Å². The minimum Gasteiger partial charge on any atom is -0.353 e. The maximum Gasteiger partial charge on any atom is 0.264 e. The maximum absolute atomic E-state index is 13.8. The molecule has 0 radical (unpaired) electrons. The Labute approximate surface area is 233 Å². The fourth-order valence-corrected chi connectivity index (χ4v) is 6.16. The van der Waals surface area contributed by atoms with Gasteiger partial charge in [-0.2, -0.15) is 10.4 Å². The number of anilines is 1. The first-order valence-corrected chi connectivity index (χ1v) is 13.3. The Hall–Kier alpha value is -4.69. The van der Waals surface area contributed by atoms with E-state index in [4.69, 9.17) is 4.98 Å². The lowest BCUT2D eigenvalue weighted by Crippen LogP contribution is -2.68. The highest BCUT2D eigenvalue weighted by molar-refractivity contribution is 5.98. The minimum absolute atomic E-state index is 0.109. The summed E-state index contributed by atoms with van der Waals surface area (Å²) in [5.74, 6) is 0.316. The molecule has 4 aromatic heterocycles. The number of aryl methyl sites for hydroxylation is 1. The minimum atomic E-state index is -2.64. The lowest BCUT2D eigenvalue weighted by atomic mass is 9.86. The second-order valence-corrected chi connectivity index (χ2v) is 10.7. The highest BCUT2D eigenvalue weighted by Crippen LogP contribution is 2.38. The van der Waals surface area contributed by atoms with E-state index in [9.17, 15) is 18.4 Å². The van der Waals surface area contributed by atoms with Crippen LogP contribution in [-0.4, -0.2) is 54.8 Å². The summed E-state index contributed by atoms with van der Waals surface area (Å²) in [4.78, 5) is 16.9. The topological polar surface area (TPSA) is 89.7 Å². The average molecular weight is 555 g/mol. The lowest BCUT2D eigenvalue weighted by molar-refractivity contribution is -0.00966. The van der Waals surface area contributed by atoms with Gasteiger partial charge in [-0.1, -0.05) is 6.07 Å². The molecule has 7 heterocycles. The molecule has 5 aromatic rings. The van der Waals surface area contributed by atoms with Crippen molar-refractivity contribution < 1.29 is 13.2 Å². The van der Waals surface area contributed by atoms with Crippen molar-refractivity contribution in [3.05, 3.63) is 83.7 Å². The van der Waals surface area contributed by atoms with E-state index in [1.54, 1.807) is 23.3 Å². The second kappa shape index (κ2) is 9.74. The quantitative estimate of drug-likeness (QED) is 0.301. The van der Waals surface area contributed by atoms with E-state index in [-0.39, 0.29) is 17.6 Å². The number of pyridine rings is 2. The van der Waals surface area contributed by atoms with E-state index in [1.165, 1.54) is 12.1 Å². The van der Waals surface area contributed by atoms with Crippen LogP contribution in [0, 0.1) is 17.1 Å². The SMILES string of the molecule is Cn1cc(-c2cc3c(-c4ccc(N5CC6CC(C5)N6Cc5cc(F)ccc5C(F)F)nc4)c(C#N)cnc3[nH]2)cn1. The maximum atomic E-state index is 13.8. The Morgan fingerprint density at radius 2 is 1.88 bits per heavy atom. The van der Waals surface area contributed by atoms with Gasteiger partial charge in [0.25, 0.3) is 6.43 Å². The first-order chi connectivity index (χ1) is 19.9. The fourth-order valence-electron chi connectivity index (χ4n) is 6.16. The van der Waals surface area contributed by atoms with Crippen molar-refractivity contribution >= 4 is 16.9 Å². The third-order valence-corrected chi connectivity index (χ3v) is 8.19. The number of H-pyrrole nitrogens is 1. The number of piperidine rings is 1. The third-order valence-electron chi connectivity index (χ3n) is 8.19. The predicted molar refractivity (Wildman–Crippen MR) is 148 cm³/mol. The number of fused-ring (bicyclic) bond motifs is 3. The molecule has 0 aliphatic carbocycles. The van der Waals surface area contributed by atoms with Crippen LogP contribution in [0.5, 0.6) is 0 Å². The van der Waals surface area contributed by atoms with Gasteiger partial charge in [0.2, 0.25) is 0 Å². The molecule has 3 aliphatic rings. The smallest absolute Gasteiger partial charge is 0.264 e. The van der Waals surface area contributed by atoms with Crippen molar-refractivity contribution in [2.24, 2.45) is 7.05 Å². The van der Waals surface area contributed by atoms with Crippen LogP contribution < -0.4 is 4.90 Å². The van der Waals surface area contributed by atoms with Crippen molar-refractivity contribution in [3.8, 4) is 28.5 Å². The molecule has 3 fully saturated rings. The van der Waals surface area contributed by atoms with Crippen molar-refractivity contribution in [3.63, 3.8) is 0 Å². The summed E-state index contributed by atoms with van der Waals surface area (Å²) >= 11 is 0. The highest BCUT2D eigenvalue weighted by atomic mass is 19.3. The van der Waals surface area contributed by atoms with Gasteiger partial charge in [-0.05, 0) is 42.3 Å². The Kier molecular flexibility index (Phi) is 6.01. The number of rotatable bonds is 6. The van der Waals surface area contributed by atoms with E-state index in [0.29, 0.717) is 36.4 Å². The summed E-state index contributed by atoms with van der Waals surface area (Å²) in [7, 11) is 1.85. The summed E-state index contributed by atoms with van der Waals surface area (Å²) in [6.45, 7) is 1.72. The molecule has 0 saturated carbocycles. The highest BCUT2D eigenvalue weighted by Gasteiger charge is 2.45. The van der Waals surface area contributed by atoms with Gasteiger partial charge in [-0.3, -0.25) is 9.58 Å². The van der Waals surface area contributed by atoms with Crippen molar-refractivity contribution in [2.45, 2.75) is 31.5 Å². The molecule has 3 saturated heterocycles. The van der Waals surface area contributed by atoms with E-state index in [0.717, 1.165) is 46.1 Å². The molecule has 2 atom stereocenters. The summed E-state index contributed by atoms with van der Waals surface area (Å²) in [5, 5.41) is 14.9. The van der Waals surface area contributed by atoms with Gasteiger partial charge in [-0.25, -0.2) is 23.1 Å². The average Bonchev–Trinajstić information content (AvgIpc) is 3.61. The number of nitriles is 1. The Bertz CT molecular complexity index is 1790. The van der Waals surface area contributed by atoms with Gasteiger partial charge in [-0.15, -0.1) is 0 Å². The number of hydrogen-bond donors (Lipinski definition) is 1. The number of halogens is 3. The number of nitrogens with one attached hydrogen (secondary N) is 1. The number of aromatic amines is 1. The zero-order valence-corrected chi connectivity index (χ0v) is 22.1. The van der Waals surface area contributed by atoms with Crippen LogP contribution in [0.4, 0.5) is 19.0 Å². The Balaban J connectivity index is 1.12. The van der Waals surface area contributed by atoms with E-state index in [1.807, 2.05) is 31.4 Å². The molecule has 2 unspecified atom stereocenters. The molecule has 2 bridgehead atoms. The van der Waals surface area contributed by atoms with Crippen molar-refractivity contribution in [1.82, 2.24) is 29.6 Å². The van der Waals surface area contributed by atoms with Gasteiger partial charge in [0, 0.05) is 85.0 Å². The Morgan fingerprint density at radius 3 is 2.56 bits per heavy atom. The van der Waals surface area contributed by atoms with Crippen molar-refractivity contribution in [2.75, 3.05) is 18.0 Å². The zero-order valence-electron chi connectivity index (χ0n) is 22.1. The standard InChI is InChI=1S/C30H25F3N8/c1-39-13-20(12-37-39)26-8-25-28(19(9-34)11-36-30(25)38-26)17-2-5-27(35-10-17)40-15-22-7-23(16-40)41(22)14-18-6-21(31)3-4-24(18)29(32)33/h2-6,8,10-13,22-23,29H,7,14-16H2,1H3,(H,36,38). The fraction of sp³-hybridized carbons (Fsp3) is 0.267. The molecule has 3 aliphatic heterocycles. The summed E-state index contributed by atoms with van der Waals surface area (Å²) in [6, 6.07) is 12.0. The van der Waals surface area contributed by atoms with Crippen LogP contribution in [0.1, 0.15) is 29.5 Å². The summed E-state index contributed by atoms with van der Waals surface area (Å²) in [6.07, 6.45) is 5.36. The number of alkyl halides is 2. The predicted octanol–water partition coefficient (Wildman–Crippen LogP) is 5.44. The van der Waals surface area contributed by atoms with Gasteiger partial charge >= 0.3 is 0 Å². The second-order valence-electron chi connectivity index (χ2n) is 10.7. The molecule has 1 aromatic carbocycles. The zero-order chi connectivity index (χ0) is 28.2. The number of aromatic nitrogens is 5. The van der Waals surface area contributed by atoms with Crippen molar-refractivity contribution in [1.29, 1.82) is 5.26 Å². The molecule has 11 heteroatoms. The van der Waals surface area contributed by atoms with Gasteiger partial charge in [0.1, 0.15) is 23.4 Å². The molecule has 0 amide bonds. The number of nitrogens with zero attached hydrogens (tertiary/aromatic N) is 7. The molecule has 8 rings (SSSR count). The van der Waals surface area contributed by atoms with Crippen LogP contribution in [0.3, 0.4) is 0 Å². The molecule has 206 valence electrons. The third kappa shape index (κ3) is 4.40. The summed E-state index contributed by atoms with van der Waals surface area (Å²) in [5.41, 5.74) is 4.72. The van der Waals surface area contributed by atoms with Gasteiger partial charge < -0.3 is 9.88 Å². The van der Waals surface area contributed by atoms with Crippen LogP contribution >= 0.6 is 0 Å². The van der Waals surface area contributed by atoms with Gasteiger partial charge in [0.15, 0.2) is 0 Å². The van der Waals surface area contributed by atoms with Crippen LogP contribution in [-0.2, 0) is 13.6 Å². The first-order valence-electron chi connectivity index (χ1n) is 13.3. The van der Waals surface area contributed by atoms with Crippen LogP contribution in [0.2, 0.25) is 0 Å². The van der Waals surface area contributed by atoms with E-state index in [2.05, 4.69) is 30.9 Å². The van der Waals surface area contributed by atoms with Gasteiger partial charge in [0.05, 0.1) is 17.5 Å². The molecule has 41 heavy (non-hydrogen) atoms. The molecular weight excluding hydrogens is 529 g/mol. The molecular formula is C30H25F3N8. The summed E-state index contributed by atoms with van der Waals surface area (Å²) < 4.78 is 42.5. The molecule has 8 nitrogen and oxygen atoms in total. The monoisotopic (exact) mass is 554 g/mol. The first kappa shape index (κ1) is 25.3. The number of hydrogen-bond acceptors (Lipinski definition) is 6. The number of benzene rings is 1. The Morgan fingerprint density at radius 1 is 1.05 bits per heavy atom.